The molecule has 390 valence electrons. The average molecular weight is 935 g/mol. The van der Waals surface area contributed by atoms with Gasteiger partial charge in [-0.25, -0.2) is 0 Å². The lowest BCUT2D eigenvalue weighted by atomic mass is 10.0. The van der Waals surface area contributed by atoms with Gasteiger partial charge in [0, 0.05) is 6.42 Å². The predicted molar refractivity (Wildman–Crippen MR) is 299 cm³/mol. The average Bonchev–Trinajstić information content (AvgIpc) is 3.33. The number of aliphatic hydroxyl groups is 2. The number of rotatable bonds is 54. The van der Waals surface area contributed by atoms with Gasteiger partial charge in [-0.15, -0.1) is 0 Å². The molecular formula is C63H115NO3. The van der Waals surface area contributed by atoms with Crippen LogP contribution in [0.15, 0.2) is 72.9 Å². The van der Waals surface area contributed by atoms with Crippen LogP contribution in [0.1, 0.15) is 303 Å². The van der Waals surface area contributed by atoms with E-state index in [4.69, 9.17) is 0 Å². The van der Waals surface area contributed by atoms with Gasteiger partial charge < -0.3 is 15.5 Å². The molecule has 1 amide bonds. The van der Waals surface area contributed by atoms with E-state index in [2.05, 4.69) is 92.1 Å². The van der Waals surface area contributed by atoms with Gasteiger partial charge in [-0.2, -0.15) is 0 Å². The molecule has 4 nitrogen and oxygen atoms in total. The van der Waals surface area contributed by atoms with Crippen LogP contribution in [-0.2, 0) is 4.79 Å². The number of carbonyl (C=O) groups excluding carboxylic acids is 1. The molecule has 0 aromatic heterocycles. The number of unbranched alkanes of at least 4 members (excludes halogenated alkanes) is 35. The van der Waals surface area contributed by atoms with Crippen molar-refractivity contribution in [3.05, 3.63) is 72.9 Å². The molecule has 0 radical (unpaired) electrons. The smallest absolute Gasteiger partial charge is 0.220 e. The quantitative estimate of drug-likeness (QED) is 0.0420. The van der Waals surface area contributed by atoms with E-state index in [0.29, 0.717) is 12.8 Å². The lowest BCUT2D eigenvalue weighted by molar-refractivity contribution is -0.123. The molecule has 3 N–H and O–H groups in total. The van der Waals surface area contributed by atoms with Crippen LogP contribution in [0.4, 0.5) is 0 Å². The minimum atomic E-state index is -0.672. The maximum absolute atomic E-state index is 12.5. The minimum absolute atomic E-state index is 0.0449. The Morgan fingerprint density at radius 1 is 0.373 bits per heavy atom. The Balaban J connectivity index is 3.49. The van der Waals surface area contributed by atoms with Crippen LogP contribution in [0.25, 0.3) is 0 Å². The Labute approximate surface area is 419 Å². The fourth-order valence-corrected chi connectivity index (χ4v) is 9.01. The molecule has 0 aromatic rings. The first-order valence-corrected chi connectivity index (χ1v) is 29.6. The van der Waals surface area contributed by atoms with Crippen molar-refractivity contribution in [1.82, 2.24) is 5.32 Å². The first kappa shape index (κ1) is 64.8. The molecular weight excluding hydrogens is 819 g/mol. The van der Waals surface area contributed by atoms with Gasteiger partial charge >= 0.3 is 0 Å². The zero-order valence-corrected chi connectivity index (χ0v) is 44.9. The molecule has 0 bridgehead atoms. The Hall–Kier alpha value is -2.17. The van der Waals surface area contributed by atoms with E-state index in [-0.39, 0.29) is 12.5 Å². The first-order valence-electron chi connectivity index (χ1n) is 29.6. The summed E-state index contributed by atoms with van der Waals surface area (Å²) in [6.45, 7) is 4.26. The van der Waals surface area contributed by atoms with Crippen molar-refractivity contribution >= 4 is 5.91 Å². The topological polar surface area (TPSA) is 69.6 Å². The zero-order chi connectivity index (χ0) is 48.5. The molecule has 0 fully saturated rings. The second kappa shape index (κ2) is 58.1. The SMILES string of the molecule is CC/C=C\C/C=C\C/C=C\C/C=C\C/C=C\C/C=C\CCCCCCCCC(=O)NC(CO)C(O)CCCCCCCCCCCCCCCCCCCCCCCCCCCCCCCC. The van der Waals surface area contributed by atoms with Gasteiger partial charge in [-0.05, 0) is 64.2 Å². The number of allylic oxidation sites excluding steroid dienone is 12. The molecule has 0 aliphatic carbocycles. The highest BCUT2D eigenvalue weighted by atomic mass is 16.3. The Morgan fingerprint density at radius 2 is 0.657 bits per heavy atom. The standard InChI is InChI=1S/C63H115NO3/c1-3-5-7-9-11-13-15-17-19-21-23-25-27-29-30-31-32-33-35-36-38-40-42-44-46-48-50-52-54-56-58-62(66)61(60-65)64-63(67)59-57-55-53-51-49-47-45-43-41-39-37-34-28-26-24-22-20-18-16-14-12-10-8-6-4-2/h6,8,12,14,18,20,24,26,34,37,41,43,61-62,65-66H,3-5,7,9-11,13,15-17,19,21-23,25,27-33,35-36,38-40,42,44-60H2,1-2H3,(H,64,67)/b8-6-,14-12-,20-18-,26-24-,37-34-,43-41-. The summed E-state index contributed by atoms with van der Waals surface area (Å²) in [4.78, 5) is 12.5. The molecule has 0 heterocycles. The van der Waals surface area contributed by atoms with Gasteiger partial charge in [0.1, 0.15) is 0 Å². The third kappa shape index (κ3) is 54.6. The fourth-order valence-electron chi connectivity index (χ4n) is 9.01. The van der Waals surface area contributed by atoms with E-state index in [1.807, 2.05) is 0 Å². The third-order valence-electron chi connectivity index (χ3n) is 13.5. The number of aliphatic hydroxyl groups excluding tert-OH is 2. The number of nitrogens with one attached hydrogen (secondary N) is 1. The lowest BCUT2D eigenvalue weighted by Crippen LogP contribution is -2.45. The van der Waals surface area contributed by atoms with Crippen molar-refractivity contribution in [2.75, 3.05) is 6.61 Å². The maximum atomic E-state index is 12.5. The van der Waals surface area contributed by atoms with Crippen LogP contribution >= 0.6 is 0 Å². The second-order valence-corrected chi connectivity index (χ2v) is 20.0. The monoisotopic (exact) mass is 934 g/mol. The molecule has 0 spiro atoms. The summed E-state index contributed by atoms with van der Waals surface area (Å²) >= 11 is 0. The largest absolute Gasteiger partial charge is 0.394 e. The molecule has 2 unspecified atom stereocenters. The molecule has 0 aliphatic rings. The van der Waals surface area contributed by atoms with Crippen LogP contribution in [0.3, 0.4) is 0 Å². The number of carbonyl (C=O) groups is 1. The van der Waals surface area contributed by atoms with Crippen molar-refractivity contribution in [3.63, 3.8) is 0 Å². The van der Waals surface area contributed by atoms with Gasteiger partial charge in [-0.3, -0.25) is 4.79 Å². The maximum Gasteiger partial charge on any atom is 0.220 e. The summed E-state index contributed by atoms with van der Waals surface area (Å²) in [5.74, 6) is -0.0449. The summed E-state index contributed by atoms with van der Waals surface area (Å²) in [5, 5.41) is 23.4. The Kier molecular flexibility index (Phi) is 56.3. The second-order valence-electron chi connectivity index (χ2n) is 20.0. The summed E-state index contributed by atoms with van der Waals surface area (Å²) in [6, 6.07) is -0.551. The minimum Gasteiger partial charge on any atom is -0.394 e. The highest BCUT2D eigenvalue weighted by Gasteiger charge is 2.20. The van der Waals surface area contributed by atoms with Gasteiger partial charge in [0.05, 0.1) is 18.8 Å². The van der Waals surface area contributed by atoms with Gasteiger partial charge in [-0.1, -0.05) is 305 Å². The van der Waals surface area contributed by atoms with Gasteiger partial charge in [0.25, 0.3) is 0 Å². The summed E-state index contributed by atoms with van der Waals surface area (Å²) < 4.78 is 0. The highest BCUT2D eigenvalue weighted by Crippen LogP contribution is 2.18. The molecule has 0 rings (SSSR count). The molecule has 0 saturated heterocycles. The fraction of sp³-hybridized carbons (Fsp3) is 0.794. The summed E-state index contributed by atoms with van der Waals surface area (Å²) in [6.07, 6.45) is 83.3. The Morgan fingerprint density at radius 3 is 0.985 bits per heavy atom. The number of amides is 1. The highest BCUT2D eigenvalue weighted by molar-refractivity contribution is 5.76. The molecule has 0 saturated carbocycles. The molecule has 4 heteroatoms. The van der Waals surface area contributed by atoms with Gasteiger partial charge in [0.15, 0.2) is 0 Å². The van der Waals surface area contributed by atoms with Crippen molar-refractivity contribution in [2.24, 2.45) is 0 Å². The van der Waals surface area contributed by atoms with E-state index in [1.54, 1.807) is 0 Å². The first-order chi connectivity index (χ1) is 33.2. The lowest BCUT2D eigenvalue weighted by Gasteiger charge is -2.22. The van der Waals surface area contributed by atoms with Gasteiger partial charge in [0.2, 0.25) is 5.91 Å². The predicted octanol–water partition coefficient (Wildman–Crippen LogP) is 19.8. The van der Waals surface area contributed by atoms with Crippen molar-refractivity contribution in [3.8, 4) is 0 Å². The van der Waals surface area contributed by atoms with Crippen molar-refractivity contribution in [1.29, 1.82) is 0 Å². The van der Waals surface area contributed by atoms with Crippen LogP contribution in [0.5, 0.6) is 0 Å². The number of hydrogen-bond acceptors (Lipinski definition) is 3. The third-order valence-corrected chi connectivity index (χ3v) is 13.5. The van der Waals surface area contributed by atoms with Crippen LogP contribution in [0, 0.1) is 0 Å². The zero-order valence-electron chi connectivity index (χ0n) is 44.9. The van der Waals surface area contributed by atoms with E-state index in [0.717, 1.165) is 77.0 Å². The number of hydrogen-bond donors (Lipinski definition) is 3. The van der Waals surface area contributed by atoms with Crippen molar-refractivity contribution in [2.45, 2.75) is 315 Å². The van der Waals surface area contributed by atoms with Crippen LogP contribution in [0.2, 0.25) is 0 Å². The van der Waals surface area contributed by atoms with Crippen LogP contribution < -0.4 is 5.32 Å². The van der Waals surface area contributed by atoms with E-state index >= 15 is 0 Å². The van der Waals surface area contributed by atoms with E-state index < -0.39 is 12.1 Å². The molecule has 0 aromatic carbocycles. The van der Waals surface area contributed by atoms with Crippen LogP contribution in [-0.4, -0.2) is 34.9 Å². The molecule has 2 atom stereocenters. The summed E-state index contributed by atoms with van der Waals surface area (Å²) in [7, 11) is 0. The van der Waals surface area contributed by atoms with E-state index in [1.165, 1.54) is 199 Å². The molecule has 67 heavy (non-hydrogen) atoms. The molecule has 0 aliphatic heterocycles. The normalized spacial score (nSPS) is 13.3. The Bertz CT molecular complexity index is 1150. The summed E-state index contributed by atoms with van der Waals surface area (Å²) in [5.41, 5.74) is 0. The van der Waals surface area contributed by atoms with E-state index in [9.17, 15) is 15.0 Å². The van der Waals surface area contributed by atoms with Crippen molar-refractivity contribution < 1.29 is 15.0 Å².